The molecule has 0 spiro atoms. The van der Waals surface area contributed by atoms with Gasteiger partial charge < -0.3 is 10.6 Å². The number of hydrogen-bond acceptors (Lipinski definition) is 4. The Balaban J connectivity index is 1.59. The summed E-state index contributed by atoms with van der Waals surface area (Å²) < 4.78 is 13.6. The molecular formula is C19H17FN4O. The van der Waals surface area contributed by atoms with Crippen molar-refractivity contribution >= 4 is 17.4 Å². The van der Waals surface area contributed by atoms with E-state index in [1.54, 1.807) is 24.3 Å². The average molecular weight is 336 g/mol. The lowest BCUT2D eigenvalue weighted by molar-refractivity contribution is 0.0949. The standard InChI is InChI=1S/C19H17FN4O/c20-16-9-5-4-6-14(16)10-11-21-19(25)17-12-18(23-13-22-17)24-15-7-2-1-3-8-15/h1-9,12-13H,10-11H2,(H,21,25)(H,22,23,24). The largest absolute Gasteiger partial charge is 0.350 e. The van der Waals surface area contributed by atoms with Crippen LogP contribution in [0, 0.1) is 5.82 Å². The number of halogens is 1. The Bertz CT molecular complexity index is 855. The number of rotatable bonds is 6. The van der Waals surface area contributed by atoms with Crippen LogP contribution in [0.2, 0.25) is 0 Å². The average Bonchev–Trinajstić information content (AvgIpc) is 2.64. The van der Waals surface area contributed by atoms with Crippen molar-refractivity contribution in [2.24, 2.45) is 0 Å². The predicted molar refractivity (Wildman–Crippen MR) is 94.2 cm³/mol. The Morgan fingerprint density at radius 2 is 1.76 bits per heavy atom. The fourth-order valence-corrected chi connectivity index (χ4v) is 2.32. The van der Waals surface area contributed by atoms with Crippen LogP contribution in [0.15, 0.2) is 67.0 Å². The Kier molecular flexibility index (Phi) is 5.31. The summed E-state index contributed by atoms with van der Waals surface area (Å²) in [5.74, 6) is -0.0663. The number of carbonyl (C=O) groups is 1. The number of carbonyl (C=O) groups excluding carboxylic acids is 1. The van der Waals surface area contributed by atoms with Crippen LogP contribution >= 0.6 is 0 Å². The molecule has 126 valence electrons. The van der Waals surface area contributed by atoms with Crippen LogP contribution in [0.3, 0.4) is 0 Å². The lowest BCUT2D eigenvalue weighted by atomic mass is 10.1. The number of para-hydroxylation sites is 1. The number of amides is 1. The lowest BCUT2D eigenvalue weighted by Gasteiger charge is -2.08. The molecule has 0 fully saturated rings. The maximum atomic E-state index is 13.6. The van der Waals surface area contributed by atoms with E-state index in [9.17, 15) is 9.18 Å². The van der Waals surface area contributed by atoms with Crippen LogP contribution in [0.25, 0.3) is 0 Å². The van der Waals surface area contributed by atoms with E-state index in [0.29, 0.717) is 24.3 Å². The minimum absolute atomic E-state index is 0.252. The van der Waals surface area contributed by atoms with Gasteiger partial charge in [0.05, 0.1) is 0 Å². The highest BCUT2D eigenvalue weighted by Gasteiger charge is 2.09. The minimum Gasteiger partial charge on any atom is -0.350 e. The fraction of sp³-hybridized carbons (Fsp3) is 0.105. The summed E-state index contributed by atoms with van der Waals surface area (Å²) in [6.07, 6.45) is 1.75. The molecule has 0 aliphatic heterocycles. The minimum atomic E-state index is -0.324. The number of anilines is 2. The summed E-state index contributed by atoms with van der Waals surface area (Å²) >= 11 is 0. The van der Waals surface area contributed by atoms with Crippen LogP contribution in [-0.4, -0.2) is 22.4 Å². The van der Waals surface area contributed by atoms with Crippen molar-refractivity contribution in [3.8, 4) is 0 Å². The summed E-state index contributed by atoms with van der Waals surface area (Å²) in [6.45, 7) is 0.325. The lowest BCUT2D eigenvalue weighted by Crippen LogP contribution is -2.26. The topological polar surface area (TPSA) is 66.9 Å². The first-order valence-corrected chi connectivity index (χ1v) is 7.88. The van der Waals surface area contributed by atoms with E-state index in [-0.39, 0.29) is 17.4 Å². The van der Waals surface area contributed by atoms with Gasteiger partial charge in [-0.25, -0.2) is 14.4 Å². The van der Waals surface area contributed by atoms with Gasteiger partial charge in [-0.3, -0.25) is 4.79 Å². The van der Waals surface area contributed by atoms with E-state index < -0.39 is 0 Å². The van der Waals surface area contributed by atoms with Gasteiger partial charge in [-0.2, -0.15) is 0 Å². The summed E-state index contributed by atoms with van der Waals surface area (Å²) in [5, 5.41) is 5.85. The van der Waals surface area contributed by atoms with Crippen LogP contribution < -0.4 is 10.6 Å². The Morgan fingerprint density at radius 3 is 2.56 bits per heavy atom. The molecule has 5 nitrogen and oxygen atoms in total. The molecule has 2 N–H and O–H groups in total. The van der Waals surface area contributed by atoms with Crippen LogP contribution in [-0.2, 0) is 6.42 Å². The Morgan fingerprint density at radius 1 is 1.00 bits per heavy atom. The number of aromatic nitrogens is 2. The van der Waals surface area contributed by atoms with Crippen molar-refractivity contribution < 1.29 is 9.18 Å². The molecule has 3 rings (SSSR count). The van der Waals surface area contributed by atoms with E-state index in [1.807, 2.05) is 30.3 Å². The number of benzene rings is 2. The van der Waals surface area contributed by atoms with Crippen molar-refractivity contribution in [3.05, 3.63) is 84.1 Å². The molecule has 6 heteroatoms. The third-order valence-electron chi connectivity index (χ3n) is 3.58. The zero-order chi connectivity index (χ0) is 17.5. The second-order valence-corrected chi connectivity index (χ2v) is 5.38. The zero-order valence-electron chi connectivity index (χ0n) is 13.4. The highest BCUT2D eigenvalue weighted by Crippen LogP contribution is 2.13. The van der Waals surface area contributed by atoms with Gasteiger partial charge in [-0.1, -0.05) is 36.4 Å². The Labute approximate surface area is 145 Å². The quantitative estimate of drug-likeness (QED) is 0.724. The highest BCUT2D eigenvalue weighted by atomic mass is 19.1. The number of hydrogen-bond donors (Lipinski definition) is 2. The maximum absolute atomic E-state index is 13.6. The molecule has 0 aliphatic carbocycles. The molecule has 3 aromatic rings. The first-order valence-electron chi connectivity index (χ1n) is 7.88. The van der Waals surface area contributed by atoms with Crippen molar-refractivity contribution in [1.82, 2.24) is 15.3 Å². The van der Waals surface area contributed by atoms with Crippen molar-refractivity contribution in [2.45, 2.75) is 6.42 Å². The molecule has 0 saturated carbocycles. The van der Waals surface area contributed by atoms with Gasteiger partial charge in [0.15, 0.2) is 0 Å². The molecule has 0 bridgehead atoms. The van der Waals surface area contributed by atoms with Crippen molar-refractivity contribution in [2.75, 3.05) is 11.9 Å². The molecule has 0 atom stereocenters. The molecule has 0 aliphatic rings. The van der Waals surface area contributed by atoms with E-state index in [1.165, 1.54) is 12.4 Å². The molecule has 1 amide bonds. The molecule has 1 heterocycles. The van der Waals surface area contributed by atoms with Crippen molar-refractivity contribution in [1.29, 1.82) is 0 Å². The van der Waals surface area contributed by atoms with Crippen LogP contribution in [0.4, 0.5) is 15.9 Å². The van der Waals surface area contributed by atoms with E-state index in [0.717, 1.165) is 5.69 Å². The number of nitrogens with zero attached hydrogens (tertiary/aromatic N) is 2. The molecule has 0 radical (unpaired) electrons. The van der Waals surface area contributed by atoms with E-state index >= 15 is 0 Å². The molecule has 2 aromatic carbocycles. The van der Waals surface area contributed by atoms with Gasteiger partial charge in [0, 0.05) is 18.3 Å². The van der Waals surface area contributed by atoms with Crippen LogP contribution in [0.5, 0.6) is 0 Å². The third kappa shape index (κ3) is 4.60. The van der Waals surface area contributed by atoms with Gasteiger partial charge in [-0.15, -0.1) is 0 Å². The summed E-state index contributed by atoms with van der Waals surface area (Å²) in [7, 11) is 0. The van der Waals surface area contributed by atoms with E-state index in [2.05, 4.69) is 20.6 Å². The summed E-state index contributed by atoms with van der Waals surface area (Å²) in [6, 6.07) is 17.6. The van der Waals surface area contributed by atoms with Gasteiger partial charge in [0.1, 0.15) is 23.7 Å². The number of nitrogens with one attached hydrogen (secondary N) is 2. The van der Waals surface area contributed by atoms with Gasteiger partial charge >= 0.3 is 0 Å². The van der Waals surface area contributed by atoms with E-state index in [4.69, 9.17) is 0 Å². The summed E-state index contributed by atoms with van der Waals surface area (Å²) in [4.78, 5) is 20.3. The molecule has 25 heavy (non-hydrogen) atoms. The third-order valence-corrected chi connectivity index (χ3v) is 3.58. The maximum Gasteiger partial charge on any atom is 0.270 e. The highest BCUT2D eigenvalue weighted by molar-refractivity contribution is 5.92. The molecule has 0 saturated heterocycles. The van der Waals surface area contributed by atoms with Crippen LogP contribution in [0.1, 0.15) is 16.1 Å². The van der Waals surface area contributed by atoms with Gasteiger partial charge in [0.25, 0.3) is 5.91 Å². The SMILES string of the molecule is O=C(NCCc1ccccc1F)c1cc(Nc2ccccc2)ncn1. The monoisotopic (exact) mass is 336 g/mol. The second-order valence-electron chi connectivity index (χ2n) is 5.38. The second kappa shape index (κ2) is 8.01. The van der Waals surface area contributed by atoms with Gasteiger partial charge in [-0.05, 0) is 30.2 Å². The van der Waals surface area contributed by atoms with Crippen molar-refractivity contribution in [3.63, 3.8) is 0 Å². The predicted octanol–water partition coefficient (Wildman–Crippen LogP) is 3.33. The first kappa shape index (κ1) is 16.6. The molecule has 1 aromatic heterocycles. The molecular weight excluding hydrogens is 319 g/mol. The Hall–Kier alpha value is -3.28. The zero-order valence-corrected chi connectivity index (χ0v) is 13.4. The fourth-order valence-electron chi connectivity index (χ4n) is 2.32. The first-order chi connectivity index (χ1) is 12.2. The smallest absolute Gasteiger partial charge is 0.270 e. The summed E-state index contributed by atoms with van der Waals surface area (Å²) in [5.41, 5.74) is 1.69. The molecule has 0 unspecified atom stereocenters. The van der Waals surface area contributed by atoms with Gasteiger partial charge in [0.2, 0.25) is 0 Å². The normalized spacial score (nSPS) is 10.3.